The van der Waals surface area contributed by atoms with Crippen molar-refractivity contribution in [1.82, 2.24) is 0 Å². The molecule has 0 aliphatic carbocycles. The minimum Gasteiger partial charge on any atom is -0.377 e. The van der Waals surface area contributed by atoms with Gasteiger partial charge < -0.3 is 10.5 Å². The van der Waals surface area contributed by atoms with Crippen molar-refractivity contribution < 1.29 is 4.74 Å². The molecular weight excluding hydrogens is 410 g/mol. The van der Waals surface area contributed by atoms with Gasteiger partial charge in [-0.15, -0.1) is 0 Å². The van der Waals surface area contributed by atoms with Crippen LogP contribution < -0.4 is 5.73 Å². The van der Waals surface area contributed by atoms with Gasteiger partial charge in [-0.3, -0.25) is 0 Å². The molecule has 0 atom stereocenters. The first-order chi connectivity index (χ1) is 15.5. The Hall–Kier alpha value is 0.270. The highest BCUT2D eigenvalue weighted by Crippen LogP contribution is 2.42. The molecule has 3 heteroatoms. The van der Waals surface area contributed by atoms with Crippen molar-refractivity contribution in [2.24, 2.45) is 5.73 Å². The van der Waals surface area contributed by atoms with Crippen LogP contribution in [0.3, 0.4) is 0 Å². The van der Waals surface area contributed by atoms with E-state index in [1.54, 1.807) is 0 Å². The summed E-state index contributed by atoms with van der Waals surface area (Å²) in [5.41, 5.74) is 6.24. The second-order valence-corrected chi connectivity index (χ2v) is 15.8. The maximum atomic E-state index is 6.21. The van der Waals surface area contributed by atoms with E-state index in [1.165, 1.54) is 140 Å². The van der Waals surface area contributed by atoms with Crippen molar-refractivity contribution in [3.63, 3.8) is 0 Å². The fourth-order valence-corrected chi connectivity index (χ4v) is 7.15. The van der Waals surface area contributed by atoms with Crippen LogP contribution in [0.5, 0.6) is 0 Å². The van der Waals surface area contributed by atoms with E-state index in [0.717, 1.165) is 19.6 Å². The third-order valence-corrected chi connectivity index (χ3v) is 10.2. The normalized spacial score (nSPS) is 16.2. The molecule has 0 amide bonds. The molecule has 0 radical (unpaired) electrons. The number of nitrogens with two attached hydrogens (primary N) is 1. The molecule has 0 bridgehead atoms. The molecule has 1 aliphatic heterocycles. The summed E-state index contributed by atoms with van der Waals surface area (Å²) < 4.78 is 5.24. The highest BCUT2D eigenvalue weighted by molar-refractivity contribution is 8.32. The SMILES string of the molecule is CCCCCCCCCCCCCCCCCS(C)(C)CCCCCCCC1(N)COC1. The Bertz CT molecular complexity index is 408. The minimum absolute atomic E-state index is 0.0272. The first-order valence-corrected chi connectivity index (χ1v) is 17.3. The van der Waals surface area contributed by atoms with Crippen molar-refractivity contribution in [2.45, 2.75) is 147 Å². The lowest BCUT2D eigenvalue weighted by Gasteiger charge is -2.37. The molecule has 1 saturated heterocycles. The smallest absolute Gasteiger partial charge is 0.0669 e. The first-order valence-electron chi connectivity index (χ1n) is 14.5. The van der Waals surface area contributed by atoms with Crippen molar-refractivity contribution in [2.75, 3.05) is 37.2 Å². The maximum Gasteiger partial charge on any atom is 0.0669 e. The summed E-state index contributed by atoms with van der Waals surface area (Å²) in [6.07, 6.45) is 35.2. The quantitative estimate of drug-likeness (QED) is 0.142. The lowest BCUT2D eigenvalue weighted by molar-refractivity contribution is -0.0582. The van der Waals surface area contributed by atoms with Gasteiger partial charge in [0, 0.05) is 0 Å². The summed E-state index contributed by atoms with van der Waals surface area (Å²) in [6, 6.07) is 0. The van der Waals surface area contributed by atoms with Crippen molar-refractivity contribution in [1.29, 1.82) is 0 Å². The molecule has 1 fully saturated rings. The Morgan fingerprint density at radius 2 is 0.906 bits per heavy atom. The van der Waals surface area contributed by atoms with Gasteiger partial charge in [-0.05, 0) is 43.3 Å². The third kappa shape index (κ3) is 17.7. The second-order valence-electron chi connectivity index (χ2n) is 11.5. The predicted octanol–water partition coefficient (Wildman–Crippen LogP) is 8.99. The number of unbranched alkanes of at least 4 members (excludes halogenated alkanes) is 18. The van der Waals surface area contributed by atoms with Crippen LogP contribution in [0.15, 0.2) is 0 Å². The average molecular weight is 472 g/mol. The van der Waals surface area contributed by atoms with E-state index in [2.05, 4.69) is 19.4 Å². The molecule has 1 rings (SSSR count). The van der Waals surface area contributed by atoms with Crippen LogP contribution in [0.2, 0.25) is 0 Å². The lowest BCUT2D eigenvalue weighted by atomic mass is 9.91. The molecule has 0 aromatic heterocycles. The van der Waals surface area contributed by atoms with Crippen LogP contribution in [0.1, 0.15) is 142 Å². The zero-order valence-electron chi connectivity index (χ0n) is 22.6. The van der Waals surface area contributed by atoms with Gasteiger partial charge in [-0.25, -0.2) is 10.0 Å². The van der Waals surface area contributed by atoms with Crippen molar-refractivity contribution in [3.05, 3.63) is 0 Å². The molecule has 194 valence electrons. The first kappa shape index (κ1) is 30.3. The van der Waals surface area contributed by atoms with Gasteiger partial charge in [0.25, 0.3) is 0 Å². The number of hydrogen-bond acceptors (Lipinski definition) is 2. The summed E-state index contributed by atoms with van der Waals surface area (Å²) in [7, 11) is -0.347. The standard InChI is InChI=1S/C29H61NOS/c1-4-5-6-7-8-9-10-11-12-13-14-15-16-19-22-25-32(2,3)26-23-20-17-18-21-24-29(30)27-31-28-29/h4-28,30H2,1-3H3. The molecule has 0 saturated carbocycles. The van der Waals surface area contributed by atoms with Crippen LogP contribution in [0.4, 0.5) is 0 Å². The maximum absolute atomic E-state index is 6.21. The highest BCUT2D eigenvalue weighted by atomic mass is 32.3. The molecule has 32 heavy (non-hydrogen) atoms. The van der Waals surface area contributed by atoms with E-state index in [9.17, 15) is 0 Å². The Morgan fingerprint density at radius 1 is 0.562 bits per heavy atom. The van der Waals surface area contributed by atoms with Gasteiger partial charge in [0.15, 0.2) is 0 Å². The number of hydrogen-bond donors (Lipinski definition) is 1. The lowest BCUT2D eigenvalue weighted by Crippen LogP contribution is -2.57. The van der Waals surface area contributed by atoms with Crippen LogP contribution in [0.25, 0.3) is 0 Å². The third-order valence-electron chi connectivity index (χ3n) is 7.45. The second kappa shape index (κ2) is 19.6. The van der Waals surface area contributed by atoms with Crippen LogP contribution in [-0.2, 0) is 4.74 Å². The van der Waals surface area contributed by atoms with Gasteiger partial charge in [-0.2, -0.15) is 0 Å². The van der Waals surface area contributed by atoms with E-state index in [4.69, 9.17) is 10.5 Å². The van der Waals surface area contributed by atoms with E-state index in [0.29, 0.717) is 0 Å². The Labute approximate surface area is 204 Å². The summed E-state index contributed by atoms with van der Waals surface area (Å²) >= 11 is 0. The zero-order valence-corrected chi connectivity index (χ0v) is 23.4. The molecule has 0 spiro atoms. The summed E-state index contributed by atoms with van der Waals surface area (Å²) in [5, 5.41) is 0. The summed E-state index contributed by atoms with van der Waals surface area (Å²) in [5.74, 6) is 2.99. The largest absolute Gasteiger partial charge is 0.377 e. The molecule has 0 aromatic carbocycles. The van der Waals surface area contributed by atoms with Gasteiger partial charge >= 0.3 is 0 Å². The van der Waals surface area contributed by atoms with Gasteiger partial charge in [-0.1, -0.05) is 122 Å². The highest BCUT2D eigenvalue weighted by Gasteiger charge is 2.32. The van der Waals surface area contributed by atoms with Gasteiger partial charge in [0.2, 0.25) is 0 Å². The van der Waals surface area contributed by atoms with Crippen molar-refractivity contribution in [3.8, 4) is 0 Å². The summed E-state index contributed by atoms with van der Waals surface area (Å²) in [4.78, 5) is 0. The van der Waals surface area contributed by atoms with Gasteiger partial charge in [0.05, 0.1) is 18.8 Å². The van der Waals surface area contributed by atoms with Crippen LogP contribution in [-0.4, -0.2) is 42.8 Å². The van der Waals surface area contributed by atoms with Crippen LogP contribution >= 0.6 is 10.0 Å². The Morgan fingerprint density at radius 3 is 1.25 bits per heavy atom. The van der Waals surface area contributed by atoms with E-state index >= 15 is 0 Å². The Kier molecular flexibility index (Phi) is 18.5. The molecule has 0 unspecified atom stereocenters. The fourth-order valence-electron chi connectivity index (χ4n) is 4.97. The Balaban J connectivity index is 1.77. The minimum atomic E-state index is -0.347. The molecule has 0 aromatic rings. The zero-order chi connectivity index (χ0) is 23.4. The predicted molar refractivity (Wildman–Crippen MR) is 150 cm³/mol. The van der Waals surface area contributed by atoms with E-state index < -0.39 is 0 Å². The molecule has 2 N–H and O–H groups in total. The topological polar surface area (TPSA) is 35.2 Å². The van der Waals surface area contributed by atoms with Gasteiger partial charge in [0.1, 0.15) is 0 Å². The van der Waals surface area contributed by atoms with E-state index in [1.807, 2.05) is 0 Å². The number of ether oxygens (including phenoxy) is 1. The monoisotopic (exact) mass is 471 g/mol. The molecule has 1 aliphatic rings. The average Bonchev–Trinajstić information content (AvgIpc) is 2.74. The van der Waals surface area contributed by atoms with Crippen LogP contribution in [0, 0.1) is 0 Å². The molecule has 1 heterocycles. The fraction of sp³-hybridized carbons (Fsp3) is 1.00. The molecular formula is C29H61NOS. The van der Waals surface area contributed by atoms with E-state index in [-0.39, 0.29) is 15.6 Å². The van der Waals surface area contributed by atoms with Crippen molar-refractivity contribution >= 4 is 10.0 Å². The molecule has 2 nitrogen and oxygen atoms in total. The number of rotatable bonds is 24. The summed E-state index contributed by atoms with van der Waals surface area (Å²) in [6.45, 7) is 3.87.